The number of carbonyl (C=O) groups is 1. The van der Waals surface area contributed by atoms with Crippen LogP contribution in [0.1, 0.15) is 11.1 Å². The molecule has 1 aliphatic rings. The monoisotopic (exact) mass is 390 g/mol. The molecule has 26 heavy (non-hydrogen) atoms. The number of rotatable bonds is 4. The Morgan fingerprint density at radius 1 is 1.27 bits per heavy atom. The van der Waals surface area contributed by atoms with Gasteiger partial charge in [0.1, 0.15) is 11.5 Å². The van der Waals surface area contributed by atoms with E-state index in [0.717, 1.165) is 12.1 Å². The van der Waals surface area contributed by atoms with E-state index >= 15 is 0 Å². The van der Waals surface area contributed by atoms with Crippen molar-refractivity contribution in [2.24, 2.45) is 0 Å². The van der Waals surface area contributed by atoms with Crippen molar-refractivity contribution in [3.8, 4) is 11.5 Å². The van der Waals surface area contributed by atoms with Crippen molar-refractivity contribution in [3.63, 3.8) is 0 Å². The van der Waals surface area contributed by atoms with Crippen LogP contribution in [-0.4, -0.2) is 24.6 Å². The van der Waals surface area contributed by atoms with Crippen LogP contribution in [0.15, 0.2) is 30.4 Å². The second-order valence-electron chi connectivity index (χ2n) is 4.97. The minimum Gasteiger partial charge on any atom is -0.545 e. The number of ether oxygens (including phenoxy) is 2. The molecule has 1 unspecified atom stereocenters. The summed E-state index contributed by atoms with van der Waals surface area (Å²) in [7, 11) is 0. The van der Waals surface area contributed by atoms with E-state index < -0.39 is 41.7 Å². The molecule has 0 bridgehead atoms. The van der Waals surface area contributed by atoms with Gasteiger partial charge in [0, 0.05) is 16.7 Å². The number of aliphatic carboxylic acids is 1. The number of halogens is 6. The standard InChI is InChI=1S/C15H10F6O4.Na/c1-2-3-7-4-9(25-15(19,20)21)5-8-6-10(13(22)23)12(14(16,17)18)24-11(7)8;/h2,4-6,12H,1,3H2,(H,22,23);/q;+1/p-1. The molecule has 0 radical (unpaired) electrons. The topological polar surface area (TPSA) is 58.6 Å². The van der Waals surface area contributed by atoms with Gasteiger partial charge >= 0.3 is 42.1 Å². The fourth-order valence-electron chi connectivity index (χ4n) is 2.27. The van der Waals surface area contributed by atoms with Gasteiger partial charge in [-0.05, 0) is 24.6 Å². The molecule has 0 saturated heterocycles. The molecule has 0 aromatic heterocycles. The zero-order chi connectivity index (χ0) is 19.0. The summed E-state index contributed by atoms with van der Waals surface area (Å²) in [5, 5.41) is 11.0. The van der Waals surface area contributed by atoms with Crippen LogP contribution in [-0.2, 0) is 11.2 Å². The summed E-state index contributed by atoms with van der Waals surface area (Å²) in [6.07, 6.45) is -11.2. The molecule has 1 aromatic rings. The van der Waals surface area contributed by atoms with Gasteiger partial charge in [0.15, 0.2) is 0 Å². The zero-order valence-electron chi connectivity index (χ0n) is 13.2. The summed E-state index contributed by atoms with van der Waals surface area (Å²) in [6.45, 7) is 3.36. The van der Waals surface area contributed by atoms with E-state index in [4.69, 9.17) is 4.74 Å². The minimum absolute atomic E-state index is 0. The second kappa shape index (κ2) is 7.93. The smallest absolute Gasteiger partial charge is 0.545 e. The quantitative estimate of drug-likeness (QED) is 0.405. The van der Waals surface area contributed by atoms with Crippen LogP contribution in [0.2, 0.25) is 0 Å². The molecule has 1 atom stereocenters. The molecule has 1 aliphatic heterocycles. The Kier molecular flexibility index (Phi) is 6.83. The maximum absolute atomic E-state index is 13.0. The van der Waals surface area contributed by atoms with Crippen LogP contribution in [0, 0.1) is 0 Å². The fraction of sp³-hybridized carbons (Fsp3) is 0.267. The Labute approximate surface area is 165 Å². The van der Waals surface area contributed by atoms with Crippen molar-refractivity contribution < 1.29 is 75.3 Å². The van der Waals surface area contributed by atoms with E-state index in [-0.39, 0.29) is 47.1 Å². The van der Waals surface area contributed by atoms with E-state index in [1.54, 1.807) is 0 Å². The van der Waals surface area contributed by atoms with Gasteiger partial charge < -0.3 is 19.4 Å². The first-order valence-electron chi connectivity index (χ1n) is 6.62. The molecular weight excluding hydrogens is 381 g/mol. The van der Waals surface area contributed by atoms with E-state index in [2.05, 4.69) is 11.3 Å². The van der Waals surface area contributed by atoms with Crippen LogP contribution >= 0.6 is 0 Å². The van der Waals surface area contributed by atoms with Crippen molar-refractivity contribution in [1.29, 1.82) is 0 Å². The van der Waals surface area contributed by atoms with E-state index in [9.17, 15) is 36.2 Å². The SMILES string of the molecule is C=CCc1cc(OC(F)(F)F)cc2c1OC(C(F)(F)F)C(C(=O)[O-])=C2.[Na+]. The number of hydrogen-bond acceptors (Lipinski definition) is 4. The van der Waals surface area contributed by atoms with Gasteiger partial charge in [0.05, 0.1) is 5.97 Å². The second-order valence-corrected chi connectivity index (χ2v) is 4.97. The Morgan fingerprint density at radius 3 is 2.35 bits per heavy atom. The molecule has 2 rings (SSSR count). The molecule has 0 amide bonds. The van der Waals surface area contributed by atoms with E-state index in [1.165, 1.54) is 6.08 Å². The van der Waals surface area contributed by atoms with Gasteiger partial charge in [0.25, 0.3) is 0 Å². The van der Waals surface area contributed by atoms with Gasteiger partial charge in [-0.3, -0.25) is 0 Å². The largest absolute Gasteiger partial charge is 1.00 e. The molecule has 1 aromatic carbocycles. The molecule has 0 spiro atoms. The van der Waals surface area contributed by atoms with E-state index in [1.807, 2.05) is 0 Å². The number of benzene rings is 1. The number of carboxylic acid groups (broad SMARTS) is 1. The Hall–Kier alpha value is -1.65. The summed E-state index contributed by atoms with van der Waals surface area (Å²) in [6, 6.07) is 1.57. The number of carbonyl (C=O) groups excluding carboxylic acids is 1. The average Bonchev–Trinajstić information content (AvgIpc) is 2.43. The molecule has 11 heteroatoms. The van der Waals surface area contributed by atoms with Gasteiger partial charge in [-0.25, -0.2) is 0 Å². The molecule has 4 nitrogen and oxygen atoms in total. The summed E-state index contributed by atoms with van der Waals surface area (Å²) in [5.74, 6) is -3.28. The average molecular weight is 390 g/mol. The third-order valence-electron chi connectivity index (χ3n) is 3.13. The van der Waals surface area contributed by atoms with Crippen molar-refractivity contribution in [2.75, 3.05) is 0 Å². The number of carboxylic acids is 1. The fourth-order valence-corrected chi connectivity index (χ4v) is 2.27. The molecular formula is C15H9F6NaO4. The van der Waals surface area contributed by atoms with Crippen molar-refractivity contribution in [2.45, 2.75) is 25.1 Å². The van der Waals surface area contributed by atoms with Crippen molar-refractivity contribution in [3.05, 3.63) is 41.5 Å². The van der Waals surface area contributed by atoms with Gasteiger partial charge in [-0.1, -0.05) is 6.08 Å². The minimum atomic E-state index is -5.06. The van der Waals surface area contributed by atoms with Crippen molar-refractivity contribution in [1.82, 2.24) is 0 Å². The van der Waals surface area contributed by atoms with Gasteiger partial charge in [0.2, 0.25) is 6.10 Å². The summed E-state index contributed by atoms with van der Waals surface area (Å²) < 4.78 is 84.6. The molecule has 136 valence electrons. The van der Waals surface area contributed by atoms with Crippen LogP contribution in [0.5, 0.6) is 11.5 Å². The predicted molar refractivity (Wildman–Crippen MR) is 70.5 cm³/mol. The van der Waals surface area contributed by atoms with Crippen LogP contribution in [0.3, 0.4) is 0 Å². The van der Waals surface area contributed by atoms with Crippen LogP contribution in [0.4, 0.5) is 26.3 Å². The number of hydrogen-bond donors (Lipinski definition) is 0. The number of alkyl halides is 6. The van der Waals surface area contributed by atoms with Crippen LogP contribution in [0.25, 0.3) is 6.08 Å². The first-order chi connectivity index (χ1) is 11.4. The van der Waals surface area contributed by atoms with E-state index in [0.29, 0.717) is 6.08 Å². The Balaban J connectivity index is 0.00000338. The summed E-state index contributed by atoms with van der Waals surface area (Å²) in [4.78, 5) is 11.0. The Bertz CT molecular complexity index is 739. The number of allylic oxidation sites excluding steroid dienone is 1. The summed E-state index contributed by atoms with van der Waals surface area (Å²) in [5.41, 5.74) is -1.64. The molecule has 0 aliphatic carbocycles. The van der Waals surface area contributed by atoms with Gasteiger partial charge in [-0.2, -0.15) is 13.2 Å². The predicted octanol–water partition coefficient (Wildman–Crippen LogP) is -0.226. The molecule has 0 saturated carbocycles. The van der Waals surface area contributed by atoms with Crippen molar-refractivity contribution >= 4 is 12.0 Å². The normalized spacial score (nSPS) is 16.5. The third-order valence-corrected chi connectivity index (χ3v) is 3.13. The zero-order valence-corrected chi connectivity index (χ0v) is 15.2. The summed E-state index contributed by atoms with van der Waals surface area (Å²) >= 11 is 0. The maximum Gasteiger partial charge on any atom is 1.00 e. The van der Waals surface area contributed by atoms with Crippen LogP contribution < -0.4 is 44.1 Å². The molecule has 1 heterocycles. The first kappa shape index (κ1) is 22.4. The molecule has 0 fully saturated rings. The third kappa shape index (κ3) is 5.18. The molecule has 0 N–H and O–H groups in total. The Morgan fingerprint density at radius 2 is 1.88 bits per heavy atom. The number of fused-ring (bicyclic) bond motifs is 1. The first-order valence-corrected chi connectivity index (χ1v) is 6.62. The van der Waals surface area contributed by atoms with Gasteiger partial charge in [-0.15, -0.1) is 19.8 Å². The maximum atomic E-state index is 13.0.